The van der Waals surface area contributed by atoms with Crippen molar-refractivity contribution in [2.45, 2.75) is 56.3 Å². The number of imidazole rings is 1. The predicted molar refractivity (Wildman–Crippen MR) is 133 cm³/mol. The molecule has 1 rings (SSSR count). The fourth-order valence-electron chi connectivity index (χ4n) is 3.00. The van der Waals surface area contributed by atoms with Crippen LogP contribution in [0.2, 0.25) is 0 Å². The molecule has 0 bridgehead atoms. The molecule has 0 aromatic carbocycles. The summed E-state index contributed by atoms with van der Waals surface area (Å²) in [4.78, 5) is 56.3. The van der Waals surface area contributed by atoms with E-state index in [0.29, 0.717) is 30.8 Å². The van der Waals surface area contributed by atoms with Crippen LogP contribution in [-0.4, -0.2) is 87.2 Å². The average Bonchev–Trinajstić information content (AvgIpc) is 3.31. The molecule has 1 heterocycles. The molecular weight excluding hydrogens is 482 g/mol. The first kappa shape index (κ1) is 29.7. The van der Waals surface area contributed by atoms with E-state index in [1.165, 1.54) is 18.1 Å². The van der Waals surface area contributed by atoms with Gasteiger partial charge in [-0.05, 0) is 44.2 Å². The Labute approximate surface area is 208 Å². The van der Waals surface area contributed by atoms with Gasteiger partial charge in [-0.15, -0.1) is 0 Å². The largest absolute Gasteiger partial charge is 0.480 e. The fourth-order valence-corrected chi connectivity index (χ4v) is 3.73. The Morgan fingerprint density at radius 2 is 1.74 bits per heavy atom. The number of nitrogens with one attached hydrogen (secondary N) is 4. The number of nitrogens with zero attached hydrogens (tertiary/aromatic N) is 1. The number of aliphatic carboxylic acids is 1. The Balaban J connectivity index is 2.76. The first-order valence-electron chi connectivity index (χ1n) is 10.9. The Morgan fingerprint density at radius 3 is 2.29 bits per heavy atom. The summed E-state index contributed by atoms with van der Waals surface area (Å²) in [5, 5.41) is 17.1. The Hall–Kier alpha value is -2.29. The molecule has 9 N–H and O–H groups in total. The number of hydrogen-bond donors (Lipinski definition) is 8. The number of aromatic amines is 1. The minimum Gasteiger partial charge on any atom is -0.480 e. The van der Waals surface area contributed by atoms with Gasteiger partial charge < -0.3 is 37.5 Å². The summed E-state index contributed by atoms with van der Waals surface area (Å²) in [7, 11) is 0. The molecule has 0 fully saturated rings. The number of amides is 3. The summed E-state index contributed by atoms with van der Waals surface area (Å²) in [5.41, 5.74) is 12.0. The van der Waals surface area contributed by atoms with Crippen molar-refractivity contribution in [1.29, 1.82) is 0 Å². The second kappa shape index (κ2) is 16.4. The van der Waals surface area contributed by atoms with Crippen molar-refractivity contribution in [3.8, 4) is 0 Å². The van der Waals surface area contributed by atoms with Crippen LogP contribution in [0.3, 0.4) is 0 Å². The average molecular weight is 518 g/mol. The smallest absolute Gasteiger partial charge is 0.326 e. The molecular formula is C20H35N7O5S2. The number of hydrogen-bond acceptors (Lipinski definition) is 9. The molecule has 0 spiro atoms. The van der Waals surface area contributed by atoms with Crippen LogP contribution in [0.15, 0.2) is 12.5 Å². The highest BCUT2D eigenvalue weighted by Gasteiger charge is 2.29. The number of carbonyl (C=O) groups is 4. The van der Waals surface area contributed by atoms with E-state index in [0.717, 1.165) is 0 Å². The number of carboxylic acid groups (broad SMARTS) is 1. The van der Waals surface area contributed by atoms with Gasteiger partial charge in [0.25, 0.3) is 0 Å². The highest BCUT2D eigenvalue weighted by atomic mass is 32.2. The molecule has 0 saturated carbocycles. The number of rotatable bonds is 17. The molecule has 0 aliphatic carbocycles. The molecule has 192 valence electrons. The predicted octanol–water partition coefficient (Wildman–Crippen LogP) is -1.37. The second-order valence-electron chi connectivity index (χ2n) is 7.66. The molecule has 0 aliphatic rings. The standard InChI is InChI=1S/C20H35N7O5S2/c1-34-7-5-14(18(29)26-15(20(31)32)4-2-3-6-21)25-19(30)16(10-33)27-17(28)13(22)8-12-9-23-11-24-12/h9,11,13-16,33H,2-8,10,21-22H2,1H3,(H,23,24)(H,25,30)(H,26,29)(H,27,28)(H,31,32). The van der Waals surface area contributed by atoms with Crippen molar-refractivity contribution >= 4 is 48.1 Å². The lowest BCUT2D eigenvalue weighted by Crippen LogP contribution is -2.58. The quantitative estimate of drug-likeness (QED) is 0.0905. The lowest BCUT2D eigenvalue weighted by Gasteiger charge is -2.24. The topological polar surface area (TPSA) is 205 Å². The van der Waals surface area contributed by atoms with Crippen LogP contribution in [0.5, 0.6) is 0 Å². The molecule has 0 aliphatic heterocycles. The van der Waals surface area contributed by atoms with Crippen molar-refractivity contribution in [2.24, 2.45) is 11.5 Å². The van der Waals surface area contributed by atoms with Gasteiger partial charge in [-0.3, -0.25) is 14.4 Å². The highest BCUT2D eigenvalue weighted by Crippen LogP contribution is 2.06. The Bertz CT molecular complexity index is 781. The van der Waals surface area contributed by atoms with E-state index in [9.17, 15) is 24.3 Å². The summed E-state index contributed by atoms with van der Waals surface area (Å²) in [6.45, 7) is 0.426. The van der Waals surface area contributed by atoms with E-state index in [1.54, 1.807) is 6.20 Å². The zero-order valence-corrected chi connectivity index (χ0v) is 20.9. The number of carboxylic acids is 1. The van der Waals surface area contributed by atoms with E-state index in [4.69, 9.17) is 11.5 Å². The summed E-state index contributed by atoms with van der Waals surface area (Å²) < 4.78 is 0. The van der Waals surface area contributed by atoms with Gasteiger partial charge in [0.15, 0.2) is 0 Å². The first-order chi connectivity index (χ1) is 16.2. The minimum absolute atomic E-state index is 0.0257. The minimum atomic E-state index is -1.16. The molecule has 34 heavy (non-hydrogen) atoms. The molecule has 12 nitrogen and oxygen atoms in total. The van der Waals surface area contributed by atoms with Gasteiger partial charge in [0, 0.05) is 24.1 Å². The highest BCUT2D eigenvalue weighted by molar-refractivity contribution is 7.98. The lowest BCUT2D eigenvalue weighted by atomic mass is 10.1. The zero-order chi connectivity index (χ0) is 25.5. The number of thiol groups is 1. The molecule has 1 aromatic heterocycles. The number of H-pyrrole nitrogens is 1. The SMILES string of the molecule is CSCCC(NC(=O)C(CS)NC(=O)C(N)Cc1cnc[nH]1)C(=O)NC(CCCCN)C(=O)O. The number of carbonyl (C=O) groups excluding carboxylic acids is 3. The van der Waals surface area contributed by atoms with E-state index >= 15 is 0 Å². The molecule has 3 amide bonds. The maximum atomic E-state index is 12.8. The summed E-state index contributed by atoms with van der Waals surface area (Å²) >= 11 is 5.61. The zero-order valence-electron chi connectivity index (χ0n) is 19.2. The van der Waals surface area contributed by atoms with Crippen LogP contribution < -0.4 is 27.4 Å². The second-order valence-corrected chi connectivity index (χ2v) is 9.01. The van der Waals surface area contributed by atoms with Gasteiger partial charge >= 0.3 is 5.97 Å². The third-order valence-electron chi connectivity index (χ3n) is 4.95. The van der Waals surface area contributed by atoms with Crippen molar-refractivity contribution in [3.05, 3.63) is 18.2 Å². The third-order valence-corrected chi connectivity index (χ3v) is 5.96. The first-order valence-corrected chi connectivity index (χ1v) is 12.9. The van der Waals surface area contributed by atoms with Gasteiger partial charge in [0.1, 0.15) is 18.1 Å². The van der Waals surface area contributed by atoms with Gasteiger partial charge in [-0.25, -0.2) is 9.78 Å². The third kappa shape index (κ3) is 10.8. The lowest BCUT2D eigenvalue weighted by molar-refractivity contribution is -0.142. The molecule has 1 aromatic rings. The Morgan fingerprint density at radius 1 is 1.09 bits per heavy atom. The molecule has 14 heteroatoms. The molecule has 0 radical (unpaired) electrons. The summed E-state index contributed by atoms with van der Waals surface area (Å²) in [6.07, 6.45) is 6.75. The normalized spacial score (nSPS) is 14.5. The maximum Gasteiger partial charge on any atom is 0.326 e. The van der Waals surface area contributed by atoms with Gasteiger partial charge in [-0.2, -0.15) is 24.4 Å². The van der Waals surface area contributed by atoms with Crippen molar-refractivity contribution in [3.63, 3.8) is 0 Å². The van der Waals surface area contributed by atoms with Crippen LogP contribution in [0.25, 0.3) is 0 Å². The van der Waals surface area contributed by atoms with Crippen LogP contribution in [-0.2, 0) is 25.6 Å². The molecule has 4 unspecified atom stereocenters. The van der Waals surface area contributed by atoms with Crippen LogP contribution in [0.4, 0.5) is 0 Å². The van der Waals surface area contributed by atoms with Crippen LogP contribution >= 0.6 is 24.4 Å². The number of thioether (sulfide) groups is 1. The van der Waals surface area contributed by atoms with Crippen molar-refractivity contribution in [1.82, 2.24) is 25.9 Å². The molecule has 4 atom stereocenters. The van der Waals surface area contributed by atoms with Gasteiger partial charge in [0.2, 0.25) is 17.7 Å². The van der Waals surface area contributed by atoms with Crippen LogP contribution in [0.1, 0.15) is 31.4 Å². The maximum absolute atomic E-state index is 12.8. The number of aromatic nitrogens is 2. The van der Waals surface area contributed by atoms with Gasteiger partial charge in [-0.1, -0.05) is 0 Å². The van der Waals surface area contributed by atoms with E-state index in [1.807, 2.05) is 6.26 Å². The summed E-state index contributed by atoms with van der Waals surface area (Å²) in [6, 6.07) is -4.02. The monoisotopic (exact) mass is 517 g/mol. The fraction of sp³-hybridized carbons (Fsp3) is 0.650. The molecule has 0 saturated heterocycles. The summed E-state index contributed by atoms with van der Waals surface area (Å²) in [5.74, 6) is -2.42. The van der Waals surface area contributed by atoms with Crippen LogP contribution in [0, 0.1) is 0 Å². The van der Waals surface area contributed by atoms with E-state index < -0.39 is 47.9 Å². The van der Waals surface area contributed by atoms with Gasteiger partial charge in [0.05, 0.1) is 12.4 Å². The van der Waals surface area contributed by atoms with Crippen molar-refractivity contribution < 1.29 is 24.3 Å². The van der Waals surface area contributed by atoms with E-state index in [-0.39, 0.29) is 25.0 Å². The van der Waals surface area contributed by atoms with Crippen molar-refractivity contribution in [2.75, 3.05) is 24.3 Å². The van der Waals surface area contributed by atoms with E-state index in [2.05, 4.69) is 38.5 Å². The number of nitrogens with two attached hydrogens (primary N) is 2. The Kier molecular flexibility index (Phi) is 14.3. The number of unbranched alkanes of at least 4 members (excludes halogenated alkanes) is 1.